The van der Waals surface area contributed by atoms with E-state index in [0.29, 0.717) is 11.3 Å². The highest BCUT2D eigenvalue weighted by molar-refractivity contribution is 5.97. The minimum absolute atomic E-state index is 0.156. The van der Waals surface area contributed by atoms with Crippen molar-refractivity contribution in [2.75, 3.05) is 5.32 Å². The van der Waals surface area contributed by atoms with Gasteiger partial charge in [0.2, 0.25) is 11.8 Å². The zero-order valence-electron chi connectivity index (χ0n) is 16.0. The lowest BCUT2D eigenvalue weighted by Gasteiger charge is -2.19. The Kier molecular flexibility index (Phi) is 6.71. The molecule has 0 unspecified atom stereocenters. The molecule has 0 saturated heterocycles. The molecular formula is C21H25N3O3. The first-order chi connectivity index (χ1) is 12.8. The fourth-order valence-corrected chi connectivity index (χ4v) is 2.64. The standard InChI is InChI=1S/C21H25N3O3/c1-13-7-5-9-18(11-13)21(27)23-15(3)20(26)22-14(2)17-8-6-10-19(12-17)24-16(4)25/h5-12,14-15H,1-4H3,(H,22,26)(H,23,27)(H,24,25)/t14-,15+/m0/s1. The van der Waals surface area contributed by atoms with Crippen LogP contribution in [0.1, 0.15) is 48.3 Å². The molecule has 6 nitrogen and oxygen atoms in total. The molecular weight excluding hydrogens is 342 g/mol. The second-order valence-corrected chi connectivity index (χ2v) is 6.60. The fourth-order valence-electron chi connectivity index (χ4n) is 2.64. The Labute approximate surface area is 159 Å². The predicted octanol–water partition coefficient (Wildman–Crippen LogP) is 2.95. The van der Waals surface area contributed by atoms with Gasteiger partial charge in [-0.2, -0.15) is 0 Å². The number of carbonyl (C=O) groups excluding carboxylic acids is 3. The Hall–Kier alpha value is -3.15. The van der Waals surface area contributed by atoms with Crippen molar-refractivity contribution in [2.24, 2.45) is 0 Å². The van der Waals surface area contributed by atoms with Crippen LogP contribution in [0, 0.1) is 6.92 Å². The molecule has 2 aromatic carbocycles. The first-order valence-electron chi connectivity index (χ1n) is 8.81. The molecule has 0 radical (unpaired) electrons. The number of anilines is 1. The smallest absolute Gasteiger partial charge is 0.251 e. The van der Waals surface area contributed by atoms with E-state index in [2.05, 4.69) is 16.0 Å². The lowest BCUT2D eigenvalue weighted by molar-refractivity contribution is -0.123. The molecule has 0 fully saturated rings. The monoisotopic (exact) mass is 367 g/mol. The van der Waals surface area contributed by atoms with Gasteiger partial charge in [0.1, 0.15) is 6.04 Å². The van der Waals surface area contributed by atoms with Crippen LogP contribution >= 0.6 is 0 Å². The molecule has 142 valence electrons. The largest absolute Gasteiger partial charge is 0.348 e. The van der Waals surface area contributed by atoms with Crippen molar-refractivity contribution in [2.45, 2.75) is 39.8 Å². The average Bonchev–Trinajstić information content (AvgIpc) is 2.61. The van der Waals surface area contributed by atoms with Gasteiger partial charge < -0.3 is 16.0 Å². The van der Waals surface area contributed by atoms with E-state index in [1.54, 1.807) is 31.2 Å². The minimum atomic E-state index is -0.681. The fraction of sp³-hybridized carbons (Fsp3) is 0.286. The molecule has 0 spiro atoms. The highest BCUT2D eigenvalue weighted by Gasteiger charge is 2.19. The van der Waals surface area contributed by atoms with Crippen molar-refractivity contribution in [1.29, 1.82) is 0 Å². The maximum Gasteiger partial charge on any atom is 0.251 e. The first-order valence-corrected chi connectivity index (χ1v) is 8.81. The summed E-state index contributed by atoms with van der Waals surface area (Å²) in [6.07, 6.45) is 0. The van der Waals surface area contributed by atoms with Gasteiger partial charge in [-0.15, -0.1) is 0 Å². The summed E-state index contributed by atoms with van der Waals surface area (Å²) >= 11 is 0. The van der Waals surface area contributed by atoms with Crippen LogP contribution in [0.4, 0.5) is 5.69 Å². The van der Waals surface area contributed by atoms with Crippen LogP contribution < -0.4 is 16.0 Å². The van der Waals surface area contributed by atoms with Gasteiger partial charge >= 0.3 is 0 Å². The molecule has 0 heterocycles. The number of benzene rings is 2. The molecule has 3 amide bonds. The summed E-state index contributed by atoms with van der Waals surface area (Å²) in [5, 5.41) is 8.30. The van der Waals surface area contributed by atoms with Gasteiger partial charge in [0.25, 0.3) is 5.91 Å². The number of hydrogen-bond donors (Lipinski definition) is 3. The maximum absolute atomic E-state index is 12.4. The third-order valence-electron chi connectivity index (χ3n) is 4.09. The van der Waals surface area contributed by atoms with Crippen LogP contribution in [0.5, 0.6) is 0 Å². The van der Waals surface area contributed by atoms with Crippen molar-refractivity contribution in [3.05, 3.63) is 65.2 Å². The molecule has 0 aliphatic heterocycles. The second kappa shape index (κ2) is 8.98. The van der Waals surface area contributed by atoms with Gasteiger partial charge in [-0.3, -0.25) is 14.4 Å². The molecule has 0 aliphatic carbocycles. The number of amides is 3. The summed E-state index contributed by atoms with van der Waals surface area (Å²) in [5.41, 5.74) is 3.02. The van der Waals surface area contributed by atoms with E-state index < -0.39 is 6.04 Å². The summed E-state index contributed by atoms with van der Waals surface area (Å²) in [5.74, 6) is -0.730. The van der Waals surface area contributed by atoms with Crippen molar-refractivity contribution < 1.29 is 14.4 Å². The molecule has 6 heteroatoms. The molecule has 27 heavy (non-hydrogen) atoms. The van der Waals surface area contributed by atoms with Gasteiger partial charge in [0, 0.05) is 18.2 Å². The number of hydrogen-bond acceptors (Lipinski definition) is 3. The van der Waals surface area contributed by atoms with Gasteiger partial charge in [-0.25, -0.2) is 0 Å². The summed E-state index contributed by atoms with van der Waals surface area (Å²) in [4.78, 5) is 35.9. The highest BCUT2D eigenvalue weighted by Crippen LogP contribution is 2.17. The normalized spacial score (nSPS) is 12.6. The minimum Gasteiger partial charge on any atom is -0.348 e. The molecule has 0 aliphatic rings. The number of aryl methyl sites for hydroxylation is 1. The lowest BCUT2D eigenvalue weighted by Crippen LogP contribution is -2.45. The van der Waals surface area contributed by atoms with Crippen LogP contribution in [0.15, 0.2) is 48.5 Å². The van der Waals surface area contributed by atoms with Crippen molar-refractivity contribution >= 4 is 23.4 Å². The molecule has 2 rings (SSSR count). The Morgan fingerprint density at radius 3 is 2.30 bits per heavy atom. The van der Waals surface area contributed by atoms with Crippen molar-refractivity contribution in [3.63, 3.8) is 0 Å². The molecule has 2 atom stereocenters. The Balaban J connectivity index is 1.97. The van der Waals surface area contributed by atoms with Crippen molar-refractivity contribution in [1.82, 2.24) is 10.6 Å². The zero-order valence-corrected chi connectivity index (χ0v) is 16.0. The van der Waals surface area contributed by atoms with E-state index in [1.165, 1.54) is 6.92 Å². The number of rotatable bonds is 6. The van der Waals surface area contributed by atoms with Crippen LogP contribution in [0.3, 0.4) is 0 Å². The van der Waals surface area contributed by atoms with E-state index in [1.807, 2.05) is 38.1 Å². The van der Waals surface area contributed by atoms with E-state index >= 15 is 0 Å². The van der Waals surface area contributed by atoms with Gasteiger partial charge in [0.05, 0.1) is 6.04 Å². The highest BCUT2D eigenvalue weighted by atomic mass is 16.2. The number of carbonyl (C=O) groups is 3. The SMILES string of the molecule is CC(=O)Nc1cccc([C@H](C)NC(=O)[C@@H](C)NC(=O)c2cccc(C)c2)c1. The van der Waals surface area contributed by atoms with Crippen LogP contribution in [0.25, 0.3) is 0 Å². The van der Waals surface area contributed by atoms with Gasteiger partial charge in [-0.1, -0.05) is 29.8 Å². The molecule has 0 bridgehead atoms. The second-order valence-electron chi connectivity index (χ2n) is 6.60. The Morgan fingerprint density at radius 1 is 0.926 bits per heavy atom. The van der Waals surface area contributed by atoms with E-state index in [-0.39, 0.29) is 23.8 Å². The van der Waals surface area contributed by atoms with Crippen LogP contribution in [-0.4, -0.2) is 23.8 Å². The topological polar surface area (TPSA) is 87.3 Å². The van der Waals surface area contributed by atoms with Crippen LogP contribution in [0.2, 0.25) is 0 Å². The van der Waals surface area contributed by atoms with Gasteiger partial charge in [0.15, 0.2) is 0 Å². The summed E-state index contributed by atoms with van der Waals surface area (Å²) in [6.45, 7) is 6.84. The molecule has 2 aromatic rings. The lowest BCUT2D eigenvalue weighted by atomic mass is 10.1. The third kappa shape index (κ3) is 5.95. The Bertz CT molecular complexity index is 848. The molecule has 0 aromatic heterocycles. The number of nitrogens with one attached hydrogen (secondary N) is 3. The first kappa shape index (κ1) is 20.2. The summed E-state index contributed by atoms with van der Waals surface area (Å²) in [6, 6.07) is 13.5. The van der Waals surface area contributed by atoms with E-state index in [9.17, 15) is 14.4 Å². The van der Waals surface area contributed by atoms with Gasteiger partial charge in [-0.05, 0) is 50.6 Å². The average molecular weight is 367 g/mol. The molecule has 3 N–H and O–H groups in total. The quantitative estimate of drug-likeness (QED) is 0.733. The zero-order chi connectivity index (χ0) is 20.0. The van der Waals surface area contributed by atoms with E-state index in [4.69, 9.17) is 0 Å². The predicted molar refractivity (Wildman–Crippen MR) is 105 cm³/mol. The van der Waals surface area contributed by atoms with Crippen LogP contribution in [-0.2, 0) is 9.59 Å². The summed E-state index contributed by atoms with van der Waals surface area (Å²) in [7, 11) is 0. The molecule has 0 saturated carbocycles. The third-order valence-corrected chi connectivity index (χ3v) is 4.09. The Morgan fingerprint density at radius 2 is 1.63 bits per heavy atom. The van der Waals surface area contributed by atoms with Crippen molar-refractivity contribution in [3.8, 4) is 0 Å². The van der Waals surface area contributed by atoms with E-state index in [0.717, 1.165) is 11.1 Å². The summed E-state index contributed by atoms with van der Waals surface area (Å²) < 4.78 is 0. The maximum atomic E-state index is 12.4.